The van der Waals surface area contributed by atoms with Crippen LogP contribution in [0.2, 0.25) is 0 Å². The molecule has 0 unspecified atom stereocenters. The van der Waals surface area contributed by atoms with Crippen molar-refractivity contribution in [3.8, 4) is 0 Å². The quantitative estimate of drug-likeness (QED) is 0.250. The minimum Gasteiger partial charge on any atom is -0.396 e. The molecular weight excluding hydrogens is 432 g/mol. The zero-order valence-electron chi connectivity index (χ0n) is 17.7. The molecule has 0 spiro atoms. The fourth-order valence-corrected chi connectivity index (χ4v) is 4.48. The first kappa shape index (κ1) is 22.2. The number of benzene rings is 1. The number of nitro benzene ring substituents is 1. The number of hydrazone groups is 1. The molecule has 1 aromatic heterocycles. The average Bonchev–Trinajstić information content (AvgIpc) is 3.52. The number of aromatic nitrogens is 3. The normalized spacial score (nSPS) is 16.3. The van der Waals surface area contributed by atoms with Crippen molar-refractivity contribution in [1.29, 1.82) is 0 Å². The van der Waals surface area contributed by atoms with E-state index in [0.29, 0.717) is 34.1 Å². The Morgan fingerprint density at radius 3 is 2.28 bits per heavy atom. The van der Waals surface area contributed by atoms with Crippen molar-refractivity contribution in [1.82, 2.24) is 15.0 Å². The van der Waals surface area contributed by atoms with Crippen LogP contribution in [-0.4, -0.2) is 69.7 Å². The molecule has 0 aliphatic carbocycles. The Hall–Kier alpha value is -2.99. The fourth-order valence-electron chi connectivity index (χ4n) is 3.72. The lowest BCUT2D eigenvalue weighted by Crippen LogP contribution is -2.25. The summed E-state index contributed by atoms with van der Waals surface area (Å²) in [5.74, 6) is 2.05. The van der Waals surface area contributed by atoms with Crippen LogP contribution in [0, 0.1) is 10.1 Å². The zero-order valence-corrected chi connectivity index (χ0v) is 18.5. The van der Waals surface area contributed by atoms with Gasteiger partial charge in [-0.25, -0.2) is 5.43 Å². The van der Waals surface area contributed by atoms with Crippen LogP contribution >= 0.6 is 11.8 Å². The Kier molecular flexibility index (Phi) is 7.32. The second kappa shape index (κ2) is 10.6. The van der Waals surface area contributed by atoms with E-state index < -0.39 is 4.92 Å². The summed E-state index contributed by atoms with van der Waals surface area (Å²) in [6.07, 6.45) is 5.99. The number of aliphatic hydroxyl groups is 1. The molecular formula is C20H26N8O3S. The van der Waals surface area contributed by atoms with Crippen LogP contribution in [0.4, 0.5) is 23.5 Å². The van der Waals surface area contributed by atoms with E-state index in [1.54, 1.807) is 12.1 Å². The monoisotopic (exact) mass is 458 g/mol. The predicted molar refractivity (Wildman–Crippen MR) is 125 cm³/mol. The smallest absolute Gasteiger partial charge is 0.283 e. The summed E-state index contributed by atoms with van der Waals surface area (Å²) in [5.41, 5.74) is 3.43. The average molecular weight is 459 g/mol. The number of aliphatic hydroxyl groups excluding tert-OH is 1. The maximum absolute atomic E-state index is 11.4. The van der Waals surface area contributed by atoms with E-state index in [0.717, 1.165) is 51.9 Å². The lowest BCUT2D eigenvalue weighted by Gasteiger charge is -2.20. The van der Waals surface area contributed by atoms with Gasteiger partial charge in [0.2, 0.25) is 17.8 Å². The highest BCUT2D eigenvalue weighted by atomic mass is 32.2. The van der Waals surface area contributed by atoms with Crippen LogP contribution in [0.25, 0.3) is 0 Å². The lowest BCUT2D eigenvalue weighted by molar-refractivity contribution is -0.387. The van der Waals surface area contributed by atoms with Crippen LogP contribution < -0.4 is 15.2 Å². The van der Waals surface area contributed by atoms with Crippen LogP contribution in [0.15, 0.2) is 28.2 Å². The minimum absolute atomic E-state index is 0.0137. The summed E-state index contributed by atoms with van der Waals surface area (Å²) in [6, 6.07) is 4.87. The maximum Gasteiger partial charge on any atom is 0.283 e. The Bertz CT molecular complexity index is 943. The molecule has 0 saturated carbocycles. The first-order chi connectivity index (χ1) is 15.6. The molecule has 2 fully saturated rings. The molecule has 2 saturated heterocycles. The van der Waals surface area contributed by atoms with Gasteiger partial charge in [0.15, 0.2) is 0 Å². The lowest BCUT2D eigenvalue weighted by atomic mass is 10.2. The largest absolute Gasteiger partial charge is 0.396 e. The molecule has 1 aromatic carbocycles. The fraction of sp³-hybridized carbons (Fsp3) is 0.500. The third-order valence-corrected chi connectivity index (χ3v) is 6.34. The van der Waals surface area contributed by atoms with Gasteiger partial charge >= 0.3 is 0 Å². The second-order valence-electron chi connectivity index (χ2n) is 7.57. The molecule has 170 valence electrons. The Morgan fingerprint density at radius 1 is 1.09 bits per heavy atom. The molecule has 2 aliphatic heterocycles. The predicted octanol–water partition coefficient (Wildman–Crippen LogP) is 2.51. The first-order valence-corrected chi connectivity index (χ1v) is 11.7. The first-order valence-electron chi connectivity index (χ1n) is 10.7. The number of nitro groups is 1. The maximum atomic E-state index is 11.4. The van der Waals surface area contributed by atoms with Gasteiger partial charge in [0.05, 0.1) is 22.6 Å². The molecule has 2 N–H and O–H groups in total. The van der Waals surface area contributed by atoms with Crippen molar-refractivity contribution in [2.45, 2.75) is 30.6 Å². The van der Waals surface area contributed by atoms with Crippen molar-refractivity contribution >= 4 is 41.5 Å². The molecule has 2 aliphatic rings. The van der Waals surface area contributed by atoms with Crippen LogP contribution in [0.5, 0.6) is 0 Å². The van der Waals surface area contributed by atoms with E-state index in [4.69, 9.17) is 5.11 Å². The number of hydrogen-bond acceptors (Lipinski definition) is 11. The highest BCUT2D eigenvalue weighted by molar-refractivity contribution is 7.99. The highest BCUT2D eigenvalue weighted by Crippen LogP contribution is 2.29. The number of thioether (sulfide) groups is 1. The minimum atomic E-state index is -0.429. The molecule has 0 bridgehead atoms. The van der Waals surface area contributed by atoms with E-state index in [-0.39, 0.29) is 12.3 Å². The topological polar surface area (TPSA) is 133 Å². The van der Waals surface area contributed by atoms with Gasteiger partial charge in [-0.2, -0.15) is 20.1 Å². The van der Waals surface area contributed by atoms with Crippen molar-refractivity contribution in [3.63, 3.8) is 0 Å². The Labute approximate surface area is 190 Å². The van der Waals surface area contributed by atoms with Crippen molar-refractivity contribution < 1.29 is 10.0 Å². The standard InChI is InChI=1S/C20H26N8O3S/c29-11-12-32-17-6-5-15(13-16(17)28(30)31)14-21-25-18-22-19(26-7-1-2-8-26)24-20(23-18)27-9-3-4-10-27/h5-6,13-14,29H,1-4,7-12H2,(H,22,23,24,25)/b21-14-. The Morgan fingerprint density at radius 2 is 1.72 bits per heavy atom. The molecule has 0 amide bonds. The van der Waals surface area contributed by atoms with E-state index in [9.17, 15) is 10.1 Å². The van der Waals surface area contributed by atoms with E-state index in [2.05, 4.69) is 35.3 Å². The van der Waals surface area contributed by atoms with Gasteiger partial charge in [-0.15, -0.1) is 11.8 Å². The number of nitrogens with zero attached hydrogens (tertiary/aromatic N) is 7. The van der Waals surface area contributed by atoms with Crippen molar-refractivity contribution in [2.75, 3.05) is 53.8 Å². The highest BCUT2D eigenvalue weighted by Gasteiger charge is 2.21. The van der Waals surface area contributed by atoms with E-state index in [1.165, 1.54) is 24.0 Å². The third kappa shape index (κ3) is 5.43. The molecule has 0 atom stereocenters. The summed E-state index contributed by atoms with van der Waals surface area (Å²) < 4.78 is 0. The van der Waals surface area contributed by atoms with E-state index in [1.807, 2.05) is 0 Å². The molecule has 12 heteroatoms. The third-order valence-electron chi connectivity index (χ3n) is 5.30. The van der Waals surface area contributed by atoms with Gasteiger partial charge in [0.1, 0.15) is 0 Å². The zero-order chi connectivity index (χ0) is 22.3. The summed E-state index contributed by atoms with van der Waals surface area (Å²) in [5, 5.41) is 24.6. The van der Waals surface area contributed by atoms with Crippen molar-refractivity contribution in [2.24, 2.45) is 5.10 Å². The molecule has 3 heterocycles. The van der Waals surface area contributed by atoms with Gasteiger partial charge in [-0.3, -0.25) is 10.1 Å². The van der Waals surface area contributed by atoms with E-state index >= 15 is 0 Å². The molecule has 11 nitrogen and oxygen atoms in total. The van der Waals surface area contributed by atoms with Crippen molar-refractivity contribution in [3.05, 3.63) is 33.9 Å². The SMILES string of the molecule is O=[N+]([O-])c1cc(/C=N\Nc2nc(N3CCCC3)nc(N3CCCC3)n2)ccc1SCCO. The van der Waals surface area contributed by atoms with Crippen LogP contribution in [0.3, 0.4) is 0 Å². The summed E-state index contributed by atoms with van der Waals surface area (Å²) in [6.45, 7) is 3.67. The van der Waals surface area contributed by atoms with Gasteiger partial charge in [-0.05, 0) is 31.7 Å². The molecule has 2 aromatic rings. The Balaban J connectivity index is 1.52. The van der Waals surface area contributed by atoms with Gasteiger partial charge in [0.25, 0.3) is 5.69 Å². The summed E-state index contributed by atoms with van der Waals surface area (Å²) >= 11 is 1.24. The van der Waals surface area contributed by atoms with Gasteiger partial charge in [-0.1, -0.05) is 6.07 Å². The number of nitrogens with one attached hydrogen (secondary N) is 1. The number of rotatable bonds is 9. The summed E-state index contributed by atoms with van der Waals surface area (Å²) in [4.78, 5) is 29.5. The van der Waals surface area contributed by atoms with Crippen LogP contribution in [-0.2, 0) is 0 Å². The van der Waals surface area contributed by atoms with Gasteiger partial charge in [0, 0.05) is 43.6 Å². The summed E-state index contributed by atoms with van der Waals surface area (Å²) in [7, 11) is 0. The number of hydrogen-bond donors (Lipinski definition) is 2. The molecule has 4 rings (SSSR count). The van der Waals surface area contributed by atoms with Gasteiger partial charge < -0.3 is 14.9 Å². The molecule has 32 heavy (non-hydrogen) atoms. The number of anilines is 3. The second-order valence-corrected chi connectivity index (χ2v) is 8.71. The van der Waals surface area contributed by atoms with Crippen LogP contribution in [0.1, 0.15) is 31.2 Å². The molecule has 0 radical (unpaired) electrons.